The lowest BCUT2D eigenvalue weighted by Gasteiger charge is -2.13. The maximum Gasteiger partial charge on any atom is 0.341 e. The molecule has 0 atom stereocenters. The number of nitrogens with one attached hydrogen (secondary N) is 1. The van der Waals surface area contributed by atoms with Crippen LogP contribution in [-0.2, 0) is 14.4 Å². The molecule has 2 N–H and O–H groups in total. The van der Waals surface area contributed by atoms with Gasteiger partial charge in [-0.2, -0.15) is 0 Å². The van der Waals surface area contributed by atoms with Gasteiger partial charge in [-0.05, 0) is 47.0 Å². The molecular formula is C25H20N2O7S. The van der Waals surface area contributed by atoms with E-state index in [2.05, 4.69) is 5.32 Å². The molecule has 0 unspecified atom stereocenters. The molecule has 3 amide bonds. The summed E-state index contributed by atoms with van der Waals surface area (Å²) >= 11 is 0.728. The van der Waals surface area contributed by atoms with Crippen molar-refractivity contribution in [3.05, 3.63) is 71.1 Å². The van der Waals surface area contributed by atoms with Crippen LogP contribution in [0.5, 0.6) is 11.5 Å². The molecule has 1 saturated heterocycles. The minimum atomic E-state index is -1.13. The van der Waals surface area contributed by atoms with Crippen LogP contribution in [0.4, 0.5) is 10.5 Å². The number of fused-ring (bicyclic) bond motifs is 1. The highest BCUT2D eigenvalue weighted by atomic mass is 32.2. The lowest BCUT2D eigenvalue weighted by Crippen LogP contribution is -2.36. The van der Waals surface area contributed by atoms with Crippen LogP contribution in [0.3, 0.4) is 0 Å². The second-order valence-corrected chi connectivity index (χ2v) is 8.43. The van der Waals surface area contributed by atoms with Gasteiger partial charge in [-0.15, -0.1) is 0 Å². The molecule has 0 aliphatic carbocycles. The zero-order chi connectivity index (χ0) is 24.9. The van der Waals surface area contributed by atoms with Crippen LogP contribution in [0, 0.1) is 0 Å². The summed E-state index contributed by atoms with van der Waals surface area (Å²) in [4.78, 5) is 49.7. The molecule has 35 heavy (non-hydrogen) atoms. The third kappa shape index (κ3) is 5.44. The molecule has 1 fully saturated rings. The number of carbonyl (C=O) groups excluding carboxylic acids is 3. The molecule has 178 valence electrons. The topological polar surface area (TPSA) is 122 Å². The third-order valence-electron chi connectivity index (χ3n) is 5.08. The second kappa shape index (κ2) is 10.3. The summed E-state index contributed by atoms with van der Waals surface area (Å²) in [7, 11) is 1.40. The molecule has 1 heterocycles. The second-order valence-electron chi connectivity index (χ2n) is 7.44. The van der Waals surface area contributed by atoms with Gasteiger partial charge in [-0.3, -0.25) is 19.3 Å². The normalized spacial score (nSPS) is 14.4. The number of carboxylic acid groups (broad SMARTS) is 1. The summed E-state index contributed by atoms with van der Waals surface area (Å²) in [6, 6.07) is 17.7. The molecule has 3 aromatic carbocycles. The van der Waals surface area contributed by atoms with Crippen molar-refractivity contribution in [2.45, 2.75) is 0 Å². The molecule has 10 heteroatoms. The Balaban J connectivity index is 1.47. The Kier molecular flexibility index (Phi) is 7.02. The number of aliphatic carboxylic acids is 1. The number of thioether (sulfide) groups is 1. The molecule has 1 aliphatic heterocycles. The predicted octanol–water partition coefficient (Wildman–Crippen LogP) is 3.99. The van der Waals surface area contributed by atoms with Crippen LogP contribution in [0.1, 0.15) is 5.56 Å². The van der Waals surface area contributed by atoms with Crippen molar-refractivity contribution in [2.24, 2.45) is 0 Å². The van der Waals surface area contributed by atoms with E-state index in [0.717, 1.165) is 27.4 Å². The number of hydrogen-bond acceptors (Lipinski definition) is 7. The number of anilines is 1. The Bertz CT molecular complexity index is 1360. The van der Waals surface area contributed by atoms with Gasteiger partial charge in [0.1, 0.15) is 6.54 Å². The van der Waals surface area contributed by atoms with Gasteiger partial charge in [-0.25, -0.2) is 4.79 Å². The van der Waals surface area contributed by atoms with Gasteiger partial charge in [0, 0.05) is 11.1 Å². The summed E-state index contributed by atoms with van der Waals surface area (Å²) in [6.07, 6.45) is 1.50. The maximum absolute atomic E-state index is 12.8. The van der Waals surface area contributed by atoms with E-state index >= 15 is 0 Å². The Morgan fingerprint density at radius 1 is 1.06 bits per heavy atom. The number of rotatable bonds is 8. The van der Waals surface area contributed by atoms with E-state index in [1.807, 2.05) is 36.4 Å². The molecule has 0 saturated carbocycles. The van der Waals surface area contributed by atoms with Crippen molar-refractivity contribution in [3.63, 3.8) is 0 Å². The van der Waals surface area contributed by atoms with E-state index < -0.39 is 36.2 Å². The number of carbonyl (C=O) groups is 4. The molecule has 3 aromatic rings. The number of benzene rings is 3. The van der Waals surface area contributed by atoms with Crippen LogP contribution in [0.25, 0.3) is 16.8 Å². The van der Waals surface area contributed by atoms with Crippen molar-refractivity contribution in [2.75, 3.05) is 25.6 Å². The zero-order valence-corrected chi connectivity index (χ0v) is 19.3. The Labute approximate surface area is 204 Å². The van der Waals surface area contributed by atoms with E-state index in [4.69, 9.17) is 14.6 Å². The number of methoxy groups -OCH3 is 1. The SMILES string of the molecule is COc1cc(/C=C2/SC(=O)N(CC(=O)Nc3cccc4ccccc34)C2=O)ccc1OCC(=O)O. The van der Waals surface area contributed by atoms with Crippen molar-refractivity contribution >= 4 is 57.3 Å². The molecule has 9 nitrogen and oxygen atoms in total. The van der Waals surface area contributed by atoms with E-state index in [1.165, 1.54) is 19.3 Å². The smallest absolute Gasteiger partial charge is 0.341 e. The van der Waals surface area contributed by atoms with Crippen molar-refractivity contribution in [3.8, 4) is 11.5 Å². The van der Waals surface area contributed by atoms with Gasteiger partial charge in [0.25, 0.3) is 11.1 Å². The fraction of sp³-hybridized carbons (Fsp3) is 0.120. The van der Waals surface area contributed by atoms with Crippen molar-refractivity contribution < 1.29 is 33.8 Å². The minimum Gasteiger partial charge on any atom is -0.493 e. The predicted molar refractivity (Wildman–Crippen MR) is 131 cm³/mol. The van der Waals surface area contributed by atoms with E-state index in [9.17, 15) is 19.2 Å². The molecule has 0 aromatic heterocycles. The lowest BCUT2D eigenvalue weighted by atomic mass is 10.1. The van der Waals surface area contributed by atoms with Gasteiger partial charge in [0.05, 0.1) is 12.0 Å². The number of carboxylic acids is 1. The summed E-state index contributed by atoms with van der Waals surface area (Å²) < 4.78 is 10.4. The number of hydrogen-bond donors (Lipinski definition) is 2. The number of imide groups is 1. The first kappa shape index (κ1) is 23.8. The molecule has 4 rings (SSSR count). The highest BCUT2D eigenvalue weighted by Gasteiger charge is 2.36. The van der Waals surface area contributed by atoms with Gasteiger partial charge < -0.3 is 19.9 Å². The number of ether oxygens (including phenoxy) is 2. The summed E-state index contributed by atoms with van der Waals surface area (Å²) in [5, 5.41) is 12.8. The Morgan fingerprint density at radius 2 is 1.83 bits per heavy atom. The van der Waals surface area contributed by atoms with Gasteiger partial charge >= 0.3 is 5.97 Å². The van der Waals surface area contributed by atoms with Crippen molar-refractivity contribution in [1.29, 1.82) is 0 Å². The Hall–Kier alpha value is -4.31. The van der Waals surface area contributed by atoms with E-state index in [0.29, 0.717) is 11.3 Å². The number of nitrogens with zero attached hydrogens (tertiary/aromatic N) is 1. The maximum atomic E-state index is 12.8. The summed E-state index contributed by atoms with van der Waals surface area (Å²) in [5.74, 6) is -1.71. The van der Waals surface area contributed by atoms with Crippen LogP contribution in [-0.4, -0.2) is 53.3 Å². The standard InChI is InChI=1S/C25H20N2O7S/c1-33-20-11-15(9-10-19(20)34-14-23(29)30)12-21-24(31)27(25(32)35-21)13-22(28)26-18-8-4-6-16-5-2-3-7-17(16)18/h2-12H,13-14H2,1H3,(H,26,28)(H,29,30)/b21-12+. The number of amides is 3. The first-order valence-corrected chi connectivity index (χ1v) is 11.2. The third-order valence-corrected chi connectivity index (χ3v) is 5.98. The lowest BCUT2D eigenvalue weighted by molar-refractivity contribution is -0.139. The highest BCUT2D eigenvalue weighted by Crippen LogP contribution is 2.34. The van der Waals surface area contributed by atoms with Gasteiger partial charge in [0.2, 0.25) is 5.91 Å². The van der Waals surface area contributed by atoms with E-state index in [-0.39, 0.29) is 16.4 Å². The van der Waals surface area contributed by atoms with Crippen LogP contribution < -0.4 is 14.8 Å². The van der Waals surface area contributed by atoms with Gasteiger partial charge in [-0.1, -0.05) is 42.5 Å². The van der Waals surface area contributed by atoms with Crippen molar-refractivity contribution in [1.82, 2.24) is 4.90 Å². The largest absolute Gasteiger partial charge is 0.493 e. The molecule has 0 spiro atoms. The Morgan fingerprint density at radius 3 is 2.60 bits per heavy atom. The quantitative estimate of drug-likeness (QED) is 0.453. The first-order chi connectivity index (χ1) is 16.9. The van der Waals surface area contributed by atoms with E-state index in [1.54, 1.807) is 18.2 Å². The van der Waals surface area contributed by atoms with Crippen LogP contribution in [0.2, 0.25) is 0 Å². The zero-order valence-electron chi connectivity index (χ0n) is 18.5. The van der Waals surface area contributed by atoms with Crippen LogP contribution in [0.15, 0.2) is 65.6 Å². The van der Waals surface area contributed by atoms with Gasteiger partial charge in [0.15, 0.2) is 18.1 Å². The molecule has 0 bridgehead atoms. The first-order valence-electron chi connectivity index (χ1n) is 10.4. The summed E-state index contributed by atoms with van der Waals surface area (Å²) in [5.41, 5.74) is 1.13. The fourth-order valence-electron chi connectivity index (χ4n) is 3.49. The monoisotopic (exact) mass is 492 g/mol. The molecular weight excluding hydrogens is 472 g/mol. The summed E-state index contributed by atoms with van der Waals surface area (Å²) in [6.45, 7) is -0.952. The minimum absolute atomic E-state index is 0.147. The van der Waals surface area contributed by atoms with Crippen LogP contribution >= 0.6 is 11.8 Å². The fourth-order valence-corrected chi connectivity index (χ4v) is 4.33. The average Bonchev–Trinajstić information content (AvgIpc) is 3.10. The molecule has 0 radical (unpaired) electrons. The molecule has 1 aliphatic rings. The average molecular weight is 493 g/mol. The highest BCUT2D eigenvalue weighted by molar-refractivity contribution is 8.18.